The number of rotatable bonds is 6. The number of halogens is 22. The van der Waals surface area contributed by atoms with E-state index in [0.717, 1.165) is 43.9 Å². The van der Waals surface area contributed by atoms with E-state index in [4.69, 9.17) is 0 Å². The van der Waals surface area contributed by atoms with Crippen LogP contribution in [0.4, 0.5) is 96.6 Å². The largest absolute Gasteiger partial charge is 0.421 e. The molecule has 0 nitrogen and oxygen atoms in total. The maximum absolute atomic E-state index is 11.9. The second kappa shape index (κ2) is 49.1. The molecule has 0 aromatic carbocycles. The highest BCUT2D eigenvalue weighted by molar-refractivity contribution is 4.89. The first-order valence-corrected chi connectivity index (χ1v) is 34.1. The normalized spacial score (nSPS) is 17.7. The molecule has 0 saturated heterocycles. The summed E-state index contributed by atoms with van der Waals surface area (Å²) >= 11 is 0. The van der Waals surface area contributed by atoms with Crippen LogP contribution in [-0.2, 0) is 0 Å². The van der Waals surface area contributed by atoms with E-state index in [0.29, 0.717) is 30.1 Å². The van der Waals surface area contributed by atoms with Crippen molar-refractivity contribution in [1.82, 2.24) is 0 Å². The van der Waals surface area contributed by atoms with Crippen LogP contribution in [0.25, 0.3) is 0 Å². The van der Waals surface area contributed by atoms with Gasteiger partial charge in [0.25, 0.3) is 0 Å². The predicted molar refractivity (Wildman–Crippen MR) is 349 cm³/mol. The molecule has 0 radical (unpaired) electrons. The standard InChI is InChI=1S/C10H20.2C8H16.C6H8F6.2C6H14.C5H6F6.C5H9F3.C4H6F4.C4H8F2.C4H7F.C3H8.C2H6/c1-4-9-5-7-10(2,3)8-6-9;1-3-8(2)6-4-5-7-8;1-2-8-6-4-3-5-7-8;1-3-4(2,5(7,8)9)6(10,11)12;2*1-5-6(2,3)4;1-3(2,4(6,7)8)5(9,10)11;1-3-4(2)5(6,7)8;1-3(2,5)4(6,7)8;1-3-4(2,5)6;1-4(5)2-3-4;1-3-2;1-2/h9H,4-8H2,1-3H3;3-7H2,1-2H3;8H,2-7H2,1H3;3H2,1-2H3;2*5H2,1-4H3;1-2H3;4H,3H2,1-2H3;1-2H3;3H2,1-2H3;2-3H2,1H3;3H2,1-2H3;1-2H3. The summed E-state index contributed by atoms with van der Waals surface area (Å²) in [5.74, 6) is -1.47. The first-order valence-electron chi connectivity index (χ1n) is 34.1. The summed E-state index contributed by atoms with van der Waals surface area (Å²) < 4.78 is 255. The van der Waals surface area contributed by atoms with Gasteiger partial charge in [-0.15, -0.1) is 0 Å². The number of hydrogen-bond acceptors (Lipinski definition) is 0. The van der Waals surface area contributed by atoms with E-state index in [2.05, 4.69) is 111 Å². The Kier molecular flexibility index (Phi) is 58.1. The summed E-state index contributed by atoms with van der Waals surface area (Å²) in [6, 6.07) is 0. The lowest BCUT2D eigenvalue weighted by molar-refractivity contribution is -0.335. The van der Waals surface area contributed by atoms with Gasteiger partial charge >= 0.3 is 37.1 Å². The van der Waals surface area contributed by atoms with Crippen molar-refractivity contribution in [2.75, 3.05) is 0 Å². The summed E-state index contributed by atoms with van der Waals surface area (Å²) in [7, 11) is 0. The van der Waals surface area contributed by atoms with E-state index in [1.165, 1.54) is 143 Å². The van der Waals surface area contributed by atoms with Gasteiger partial charge in [0.05, 0.1) is 5.92 Å². The van der Waals surface area contributed by atoms with Crippen LogP contribution in [0, 0.1) is 50.2 Å². The maximum atomic E-state index is 11.9. The minimum Gasteiger partial charge on any atom is -0.244 e. The minimum absolute atomic E-state index is 0.0625. The van der Waals surface area contributed by atoms with Gasteiger partial charge in [-0.1, -0.05) is 236 Å². The zero-order valence-electron chi connectivity index (χ0n) is 63.5. The van der Waals surface area contributed by atoms with Crippen LogP contribution in [-0.4, -0.2) is 54.3 Å². The van der Waals surface area contributed by atoms with Gasteiger partial charge in [-0.05, 0) is 146 Å². The Balaban J connectivity index is -0.000000119. The molecule has 0 heterocycles. The second-order valence-electron chi connectivity index (χ2n) is 29.8. The summed E-state index contributed by atoms with van der Waals surface area (Å²) in [5.41, 5.74) is -8.54. The summed E-state index contributed by atoms with van der Waals surface area (Å²) in [6.07, 6.45) is -1.75. The molecule has 0 spiro atoms. The molecule has 4 saturated carbocycles. The molecule has 93 heavy (non-hydrogen) atoms. The van der Waals surface area contributed by atoms with Crippen molar-refractivity contribution in [1.29, 1.82) is 0 Å². The number of alkyl halides is 22. The molecule has 4 rings (SSSR count). The third kappa shape index (κ3) is 64.9. The van der Waals surface area contributed by atoms with E-state index in [9.17, 15) is 96.6 Å². The van der Waals surface area contributed by atoms with Gasteiger partial charge in [-0.2, -0.15) is 79.0 Å². The van der Waals surface area contributed by atoms with Crippen molar-refractivity contribution in [3.8, 4) is 0 Å². The van der Waals surface area contributed by atoms with Gasteiger partial charge < -0.3 is 0 Å². The van der Waals surface area contributed by atoms with Crippen LogP contribution in [0.2, 0.25) is 0 Å². The van der Waals surface area contributed by atoms with E-state index >= 15 is 0 Å². The third-order valence-corrected chi connectivity index (χ3v) is 16.9. The van der Waals surface area contributed by atoms with Gasteiger partial charge in [0, 0.05) is 6.42 Å². The molecule has 576 valence electrons. The molecule has 0 aromatic heterocycles. The highest BCUT2D eigenvalue weighted by Crippen LogP contribution is 2.52. The molecule has 0 aliphatic heterocycles. The second-order valence-corrected chi connectivity index (χ2v) is 29.8. The topological polar surface area (TPSA) is 0 Å². The van der Waals surface area contributed by atoms with Gasteiger partial charge in [0.2, 0.25) is 5.92 Å². The fourth-order valence-electron chi connectivity index (χ4n) is 6.17. The molecule has 0 aromatic rings. The molecule has 0 amide bonds. The Morgan fingerprint density at radius 1 is 0.376 bits per heavy atom. The van der Waals surface area contributed by atoms with E-state index < -0.39 is 77.5 Å². The minimum atomic E-state index is -5.24. The van der Waals surface area contributed by atoms with Crippen LogP contribution in [0.3, 0.4) is 0 Å². The zero-order chi connectivity index (χ0) is 77.2. The smallest absolute Gasteiger partial charge is 0.244 e. The summed E-state index contributed by atoms with van der Waals surface area (Å²) in [6.45, 7) is 49.2. The molecule has 1 unspecified atom stereocenters. The van der Waals surface area contributed by atoms with Crippen LogP contribution < -0.4 is 0 Å². The highest BCUT2D eigenvalue weighted by Gasteiger charge is 2.66. The van der Waals surface area contributed by atoms with Crippen molar-refractivity contribution < 1.29 is 96.6 Å². The summed E-state index contributed by atoms with van der Waals surface area (Å²) in [5, 5.41) is 0. The Hall–Kier alpha value is -1.54. The van der Waals surface area contributed by atoms with Crippen molar-refractivity contribution in [3.63, 3.8) is 0 Å². The van der Waals surface area contributed by atoms with Crippen molar-refractivity contribution >= 4 is 0 Å². The molecular weight excluding hydrogens is 1270 g/mol. The lowest BCUT2D eigenvalue weighted by Gasteiger charge is -2.33. The predicted octanol–water partition coefficient (Wildman–Crippen LogP) is 32.0. The maximum Gasteiger partial charge on any atom is 0.421 e. The van der Waals surface area contributed by atoms with E-state index in [-0.39, 0.29) is 33.6 Å². The van der Waals surface area contributed by atoms with Crippen LogP contribution in [0.5, 0.6) is 0 Å². The van der Waals surface area contributed by atoms with Crippen molar-refractivity contribution in [2.24, 2.45) is 50.2 Å². The van der Waals surface area contributed by atoms with Gasteiger partial charge in [-0.25, -0.2) is 17.6 Å². The molecular formula is C71H138F22. The monoisotopic (exact) mass is 1410 g/mol. The van der Waals surface area contributed by atoms with Crippen LogP contribution in [0.15, 0.2) is 0 Å². The Morgan fingerprint density at radius 3 is 0.731 bits per heavy atom. The Labute approximate surface area is 554 Å². The average Bonchev–Trinajstić information content (AvgIpc) is 1.52. The molecule has 1 atom stereocenters. The average molecular weight is 1410 g/mol. The Bertz CT molecular complexity index is 1570. The quantitative estimate of drug-likeness (QED) is 0.233. The van der Waals surface area contributed by atoms with Crippen LogP contribution >= 0.6 is 0 Å². The lowest BCUT2D eigenvalue weighted by atomic mass is 9.72. The first-order chi connectivity index (χ1) is 40.9. The fraction of sp³-hybridized carbons (Fsp3) is 1.00. The third-order valence-electron chi connectivity index (χ3n) is 16.9. The molecule has 4 fully saturated rings. The van der Waals surface area contributed by atoms with Gasteiger partial charge in [0.15, 0.2) is 16.5 Å². The van der Waals surface area contributed by atoms with Crippen molar-refractivity contribution in [2.45, 2.75) is 409 Å². The molecule has 0 N–H and O–H groups in total. The van der Waals surface area contributed by atoms with E-state index in [1.54, 1.807) is 6.92 Å². The fourth-order valence-corrected chi connectivity index (χ4v) is 6.17. The Morgan fingerprint density at radius 2 is 0.634 bits per heavy atom. The van der Waals surface area contributed by atoms with Gasteiger partial charge in [-0.3, -0.25) is 0 Å². The molecule has 4 aliphatic carbocycles. The van der Waals surface area contributed by atoms with Crippen LogP contribution in [0.1, 0.15) is 355 Å². The lowest BCUT2D eigenvalue weighted by Crippen LogP contribution is -2.47. The first kappa shape index (κ1) is 110. The summed E-state index contributed by atoms with van der Waals surface area (Å²) in [4.78, 5) is 0. The van der Waals surface area contributed by atoms with Crippen molar-refractivity contribution in [3.05, 3.63) is 0 Å². The molecule has 4 aliphatic rings. The SMILES string of the molecule is CC.CC(C)(C(F)(F)F)C(F)(F)F.CC(C)(F)C(F)(F)F.CC1(F)CC1.CCC.CCC(C)(C(F)(F)F)C(F)(F)F.CCC(C)(C)C.CCC(C)(C)C.CCC(C)(F)F.CCC(C)C(F)(F)F.CCC1(C)CCCC1.CCC1CCC(C)(C)CC1.CCC1CCCCC1. The molecule has 22 heteroatoms. The van der Waals surface area contributed by atoms with E-state index in [1.807, 2.05) is 13.8 Å². The number of hydrogen-bond donors (Lipinski definition) is 0. The zero-order valence-corrected chi connectivity index (χ0v) is 63.5. The van der Waals surface area contributed by atoms with Gasteiger partial charge in [0.1, 0.15) is 5.67 Å². The highest BCUT2D eigenvalue weighted by atomic mass is 19.4. The molecule has 0 bridgehead atoms.